The van der Waals surface area contributed by atoms with Crippen molar-refractivity contribution in [2.75, 3.05) is 6.54 Å². The second kappa shape index (κ2) is 7.03. The number of esters is 1. The van der Waals surface area contributed by atoms with Crippen molar-refractivity contribution in [3.8, 4) is 11.8 Å². The number of benzene rings is 1. The quantitative estimate of drug-likeness (QED) is 0.732. The first-order valence-electron chi connectivity index (χ1n) is 10.3. The first-order chi connectivity index (χ1) is 14.2. The van der Waals surface area contributed by atoms with Gasteiger partial charge in [0.15, 0.2) is 5.69 Å². The first kappa shape index (κ1) is 17.9. The maximum Gasteiger partial charge on any atom is 0.359 e. The van der Waals surface area contributed by atoms with Crippen LogP contribution in [0.5, 0.6) is 0 Å². The average Bonchev–Trinajstić information content (AvgIpc) is 3.38. The fourth-order valence-corrected chi connectivity index (χ4v) is 4.91. The molecule has 2 fully saturated rings. The molecule has 0 N–H and O–H groups in total. The highest BCUT2D eigenvalue weighted by atomic mass is 16.5. The molecule has 7 nitrogen and oxygen atoms in total. The van der Waals surface area contributed by atoms with Gasteiger partial charge in [0.2, 0.25) is 0 Å². The molecular weight excluding hydrogens is 368 g/mol. The van der Waals surface area contributed by atoms with E-state index < -0.39 is 5.97 Å². The van der Waals surface area contributed by atoms with Gasteiger partial charge in [0.1, 0.15) is 18.5 Å². The summed E-state index contributed by atoms with van der Waals surface area (Å²) in [4.78, 5) is 32.5. The summed E-state index contributed by atoms with van der Waals surface area (Å²) in [6.07, 6.45) is 8.27. The van der Waals surface area contributed by atoms with Gasteiger partial charge in [0.25, 0.3) is 5.91 Å². The van der Waals surface area contributed by atoms with Gasteiger partial charge in [0, 0.05) is 6.54 Å². The number of nitriles is 1. The summed E-state index contributed by atoms with van der Waals surface area (Å²) >= 11 is 0. The Balaban J connectivity index is 1.61. The van der Waals surface area contributed by atoms with E-state index in [-0.39, 0.29) is 23.7 Å². The number of amides is 1. The van der Waals surface area contributed by atoms with Crippen LogP contribution in [-0.2, 0) is 4.74 Å². The van der Waals surface area contributed by atoms with Crippen LogP contribution in [0.25, 0.3) is 5.69 Å². The number of hydrogen-bond acceptors (Lipinski definition) is 5. The van der Waals surface area contributed by atoms with Crippen molar-refractivity contribution in [2.45, 2.75) is 57.1 Å². The Morgan fingerprint density at radius 1 is 1.17 bits per heavy atom. The third kappa shape index (κ3) is 2.82. The minimum atomic E-state index is -0.412. The molecule has 1 saturated carbocycles. The Bertz CT molecular complexity index is 1030. The highest BCUT2D eigenvalue weighted by Gasteiger charge is 2.41. The Hall–Kier alpha value is -3.14. The Morgan fingerprint density at radius 3 is 2.79 bits per heavy atom. The van der Waals surface area contributed by atoms with E-state index in [1.54, 1.807) is 29.4 Å². The molecule has 0 radical (unpaired) electrons. The summed E-state index contributed by atoms with van der Waals surface area (Å²) in [5.41, 5.74) is 2.31. The summed E-state index contributed by atoms with van der Waals surface area (Å²) in [6.45, 7) is 0.602. The van der Waals surface area contributed by atoms with Gasteiger partial charge in [-0.25, -0.2) is 9.78 Å². The van der Waals surface area contributed by atoms with E-state index in [4.69, 9.17) is 4.74 Å². The molecule has 1 aromatic heterocycles. The van der Waals surface area contributed by atoms with Crippen LogP contribution < -0.4 is 0 Å². The molecule has 0 spiro atoms. The zero-order valence-corrected chi connectivity index (χ0v) is 16.1. The summed E-state index contributed by atoms with van der Waals surface area (Å²) in [7, 11) is 0. The lowest BCUT2D eigenvalue weighted by Gasteiger charge is -2.24. The maximum absolute atomic E-state index is 13.3. The molecule has 3 aliphatic rings. The highest BCUT2D eigenvalue weighted by molar-refractivity contribution is 6.02. The topological polar surface area (TPSA) is 88.2 Å². The van der Waals surface area contributed by atoms with Crippen LogP contribution >= 0.6 is 0 Å². The molecule has 1 aromatic carbocycles. The van der Waals surface area contributed by atoms with Gasteiger partial charge in [-0.1, -0.05) is 12.5 Å². The van der Waals surface area contributed by atoms with Crippen LogP contribution in [0.1, 0.15) is 83.1 Å². The van der Waals surface area contributed by atoms with Crippen molar-refractivity contribution in [1.82, 2.24) is 14.5 Å². The van der Waals surface area contributed by atoms with E-state index in [0.29, 0.717) is 29.1 Å². The smallest absolute Gasteiger partial charge is 0.359 e. The second-order valence-electron chi connectivity index (χ2n) is 7.98. The van der Waals surface area contributed by atoms with Gasteiger partial charge in [-0.2, -0.15) is 5.26 Å². The number of carbonyl (C=O) groups excluding carboxylic acids is 2. The van der Waals surface area contributed by atoms with E-state index in [0.717, 1.165) is 38.5 Å². The third-order valence-electron chi connectivity index (χ3n) is 6.29. The molecule has 1 amide bonds. The molecule has 1 atom stereocenters. The third-order valence-corrected chi connectivity index (χ3v) is 6.29. The Morgan fingerprint density at radius 2 is 2.00 bits per heavy atom. The number of aromatic nitrogens is 2. The van der Waals surface area contributed by atoms with Gasteiger partial charge in [-0.3, -0.25) is 9.36 Å². The molecule has 2 aliphatic heterocycles. The summed E-state index contributed by atoms with van der Waals surface area (Å²) in [5.74, 6) is -0.570. The molecule has 1 saturated heterocycles. The normalized spacial score (nSPS) is 21.0. The zero-order valence-electron chi connectivity index (χ0n) is 16.1. The van der Waals surface area contributed by atoms with Gasteiger partial charge < -0.3 is 9.64 Å². The summed E-state index contributed by atoms with van der Waals surface area (Å²) in [6, 6.07) is 7.11. The molecule has 1 aliphatic carbocycles. The fraction of sp³-hybridized carbons (Fsp3) is 0.455. The zero-order chi connectivity index (χ0) is 20.0. The fourth-order valence-electron chi connectivity index (χ4n) is 4.91. The average molecular weight is 390 g/mol. The van der Waals surface area contributed by atoms with Crippen molar-refractivity contribution >= 4 is 11.9 Å². The Kier molecular flexibility index (Phi) is 4.35. The van der Waals surface area contributed by atoms with Crippen molar-refractivity contribution < 1.29 is 14.3 Å². The van der Waals surface area contributed by atoms with E-state index >= 15 is 0 Å². The number of imidazole rings is 1. The molecule has 2 aromatic rings. The summed E-state index contributed by atoms with van der Waals surface area (Å²) in [5, 5.41) is 9.55. The monoisotopic (exact) mass is 390 g/mol. The maximum atomic E-state index is 13.3. The molecule has 5 rings (SSSR count). The molecule has 3 heterocycles. The molecular formula is C22H22N4O3. The largest absolute Gasteiger partial charge is 0.458 e. The number of ether oxygens (including phenoxy) is 1. The van der Waals surface area contributed by atoms with Gasteiger partial charge in [-0.05, 0) is 50.7 Å². The molecule has 29 heavy (non-hydrogen) atoms. The van der Waals surface area contributed by atoms with Crippen LogP contribution in [0, 0.1) is 11.3 Å². The minimum Gasteiger partial charge on any atom is -0.458 e. The molecule has 7 heteroatoms. The molecule has 148 valence electrons. The predicted molar refractivity (Wildman–Crippen MR) is 104 cm³/mol. The van der Waals surface area contributed by atoms with Crippen molar-refractivity contribution in [2.24, 2.45) is 0 Å². The predicted octanol–water partition coefficient (Wildman–Crippen LogP) is 3.52. The molecule has 0 unspecified atom stereocenters. The lowest BCUT2D eigenvalue weighted by molar-refractivity contribution is 0.0201. The van der Waals surface area contributed by atoms with Crippen molar-refractivity contribution in [3.63, 3.8) is 0 Å². The van der Waals surface area contributed by atoms with Crippen LogP contribution in [0.2, 0.25) is 0 Å². The lowest BCUT2D eigenvalue weighted by atomic mass is 9.98. The van der Waals surface area contributed by atoms with Crippen LogP contribution in [-0.4, -0.2) is 39.0 Å². The Labute approximate surface area is 168 Å². The van der Waals surface area contributed by atoms with Crippen LogP contribution in [0.3, 0.4) is 0 Å². The number of rotatable bonds is 2. The number of nitrogens with zero attached hydrogens (tertiary/aromatic N) is 4. The second-order valence-corrected chi connectivity index (χ2v) is 7.98. The number of fused-ring (bicyclic) bond motifs is 5. The van der Waals surface area contributed by atoms with Gasteiger partial charge in [-0.15, -0.1) is 0 Å². The van der Waals surface area contributed by atoms with Crippen LogP contribution in [0.4, 0.5) is 0 Å². The minimum absolute atomic E-state index is 0.0573. The SMILES string of the molecule is N#Cc1cccc2c1C(=O)N1CCC[C@H]1c1c(C(=O)OC3CCCCC3)ncn1-2. The van der Waals surface area contributed by atoms with Gasteiger partial charge >= 0.3 is 5.97 Å². The highest BCUT2D eigenvalue weighted by Crippen LogP contribution is 2.40. The van der Waals surface area contributed by atoms with E-state index in [9.17, 15) is 14.9 Å². The van der Waals surface area contributed by atoms with Crippen LogP contribution in [0.15, 0.2) is 24.5 Å². The number of hydrogen-bond donors (Lipinski definition) is 0. The van der Waals surface area contributed by atoms with Crippen molar-refractivity contribution in [1.29, 1.82) is 5.26 Å². The van der Waals surface area contributed by atoms with Gasteiger partial charge in [0.05, 0.1) is 28.6 Å². The van der Waals surface area contributed by atoms with Crippen molar-refractivity contribution in [3.05, 3.63) is 47.0 Å². The molecule has 0 bridgehead atoms. The lowest BCUT2D eigenvalue weighted by Crippen LogP contribution is -2.31. The van der Waals surface area contributed by atoms with E-state index in [1.807, 2.05) is 4.57 Å². The number of carbonyl (C=O) groups is 2. The first-order valence-corrected chi connectivity index (χ1v) is 10.3. The van der Waals surface area contributed by atoms with E-state index in [2.05, 4.69) is 11.1 Å². The van der Waals surface area contributed by atoms with E-state index in [1.165, 1.54) is 6.42 Å². The standard InChI is InChI=1S/C22H22N4O3/c23-12-14-6-4-9-16-18(14)21(27)25-11-5-10-17(25)20-19(24-13-26(16)20)22(28)29-15-7-2-1-3-8-15/h4,6,9,13,15,17H,1-3,5,7-8,10-11H2/t17-/m0/s1. The summed E-state index contributed by atoms with van der Waals surface area (Å²) < 4.78 is 7.59.